The molecule has 0 spiro atoms. The van der Waals surface area contributed by atoms with Crippen molar-refractivity contribution in [2.75, 3.05) is 20.3 Å². The molecule has 0 unspecified atom stereocenters. The molecule has 0 fully saturated rings. The number of amides is 1. The van der Waals surface area contributed by atoms with Gasteiger partial charge in [0.2, 0.25) is 0 Å². The van der Waals surface area contributed by atoms with Gasteiger partial charge in [0.05, 0.1) is 9.77 Å². The summed E-state index contributed by atoms with van der Waals surface area (Å²) in [6, 6.07) is 1.30. The van der Waals surface area contributed by atoms with Gasteiger partial charge >= 0.3 is 0 Å². The predicted molar refractivity (Wildman–Crippen MR) is 70.9 cm³/mol. The molecular weight excluding hydrogens is 298 g/mol. The van der Waals surface area contributed by atoms with E-state index in [0.29, 0.717) is 29.3 Å². The lowest BCUT2D eigenvalue weighted by atomic mass is 10.4. The van der Waals surface area contributed by atoms with E-state index < -0.39 is 9.05 Å². The number of halogens is 1. The van der Waals surface area contributed by atoms with Crippen LogP contribution in [0.25, 0.3) is 0 Å². The van der Waals surface area contributed by atoms with E-state index in [-0.39, 0.29) is 10.8 Å². The summed E-state index contributed by atoms with van der Waals surface area (Å²) in [5.74, 6) is -0.300. The molecule has 0 atom stereocenters. The summed E-state index contributed by atoms with van der Waals surface area (Å²) in [5, 5.41) is 2.68. The van der Waals surface area contributed by atoms with Gasteiger partial charge in [-0.15, -0.1) is 11.3 Å². The number of thiophene rings is 1. The fourth-order valence-corrected chi connectivity index (χ4v) is 3.90. The van der Waals surface area contributed by atoms with E-state index in [1.54, 1.807) is 14.0 Å². The lowest BCUT2D eigenvalue weighted by Gasteiger charge is -2.02. The molecule has 0 aliphatic heterocycles. The van der Waals surface area contributed by atoms with Crippen LogP contribution in [0.4, 0.5) is 0 Å². The van der Waals surface area contributed by atoms with Crippen molar-refractivity contribution in [2.24, 2.45) is 0 Å². The van der Waals surface area contributed by atoms with Crippen molar-refractivity contribution in [1.82, 2.24) is 5.32 Å². The molecular formula is C10H14ClNO4S2. The van der Waals surface area contributed by atoms with Crippen LogP contribution in [0.2, 0.25) is 0 Å². The number of carbonyl (C=O) groups is 1. The average Bonchev–Trinajstić information content (AvgIpc) is 2.66. The topological polar surface area (TPSA) is 72.5 Å². The van der Waals surface area contributed by atoms with E-state index >= 15 is 0 Å². The van der Waals surface area contributed by atoms with Gasteiger partial charge in [-0.1, -0.05) is 0 Å². The molecule has 0 aliphatic rings. The van der Waals surface area contributed by atoms with Crippen LogP contribution in [0.15, 0.2) is 11.0 Å². The van der Waals surface area contributed by atoms with Crippen LogP contribution >= 0.6 is 22.0 Å². The quantitative estimate of drug-likeness (QED) is 0.641. The van der Waals surface area contributed by atoms with Gasteiger partial charge in [0.15, 0.2) is 0 Å². The van der Waals surface area contributed by atoms with Gasteiger partial charge in [0.25, 0.3) is 15.0 Å². The maximum absolute atomic E-state index is 11.7. The normalized spacial score (nSPS) is 11.5. The molecule has 102 valence electrons. The van der Waals surface area contributed by atoms with E-state index in [2.05, 4.69) is 5.32 Å². The molecule has 1 aromatic rings. The number of carbonyl (C=O) groups excluding carboxylic acids is 1. The first-order valence-corrected chi connectivity index (χ1v) is 8.31. The van der Waals surface area contributed by atoms with Crippen LogP contribution in [0.3, 0.4) is 0 Å². The Kier molecular flexibility index (Phi) is 5.58. The summed E-state index contributed by atoms with van der Waals surface area (Å²) in [6.07, 6.45) is 0.702. The minimum absolute atomic E-state index is 0.00351. The molecule has 18 heavy (non-hydrogen) atoms. The maximum Gasteiger partial charge on any atom is 0.262 e. The Hall–Kier alpha value is -0.630. The monoisotopic (exact) mass is 311 g/mol. The SMILES string of the molecule is COCCCNC(=O)c1cc(S(=O)(=O)Cl)c(C)s1. The number of ether oxygens (including phenoxy) is 1. The zero-order valence-corrected chi connectivity index (χ0v) is 12.4. The van der Waals surface area contributed by atoms with Crippen LogP contribution in [0.1, 0.15) is 21.0 Å². The first-order chi connectivity index (χ1) is 8.36. The molecule has 0 radical (unpaired) electrons. The van der Waals surface area contributed by atoms with Crippen molar-refractivity contribution in [1.29, 1.82) is 0 Å². The second-order valence-corrected chi connectivity index (χ2v) is 7.36. The highest BCUT2D eigenvalue weighted by molar-refractivity contribution is 8.13. The van der Waals surface area contributed by atoms with E-state index in [1.165, 1.54) is 6.07 Å². The Bertz CT molecular complexity index is 524. The van der Waals surface area contributed by atoms with Gasteiger partial charge in [-0.2, -0.15) is 0 Å². The third-order valence-corrected chi connectivity index (χ3v) is 4.80. The Morgan fingerprint density at radius 1 is 1.56 bits per heavy atom. The van der Waals surface area contributed by atoms with Crippen molar-refractivity contribution in [2.45, 2.75) is 18.2 Å². The molecule has 0 aromatic carbocycles. The summed E-state index contributed by atoms with van der Waals surface area (Å²) < 4.78 is 27.3. The van der Waals surface area contributed by atoms with Gasteiger partial charge in [-0.05, 0) is 19.4 Å². The van der Waals surface area contributed by atoms with Gasteiger partial charge in [-0.25, -0.2) is 8.42 Å². The van der Waals surface area contributed by atoms with E-state index in [9.17, 15) is 13.2 Å². The Balaban J connectivity index is 2.71. The molecule has 0 saturated carbocycles. The first-order valence-electron chi connectivity index (χ1n) is 5.18. The van der Waals surface area contributed by atoms with Crippen molar-refractivity contribution >= 4 is 37.0 Å². The number of rotatable bonds is 6. The minimum Gasteiger partial charge on any atom is -0.385 e. The Labute approximate surface area is 115 Å². The second-order valence-electron chi connectivity index (χ2n) is 3.57. The van der Waals surface area contributed by atoms with E-state index in [0.717, 1.165) is 11.3 Å². The fraction of sp³-hybridized carbons (Fsp3) is 0.500. The molecule has 0 aliphatic carbocycles. The fourth-order valence-electron chi connectivity index (χ4n) is 1.32. The van der Waals surface area contributed by atoms with E-state index in [4.69, 9.17) is 15.4 Å². The molecule has 8 heteroatoms. The van der Waals surface area contributed by atoms with Gasteiger partial charge in [-0.3, -0.25) is 4.79 Å². The smallest absolute Gasteiger partial charge is 0.262 e. The lowest BCUT2D eigenvalue weighted by molar-refractivity contribution is 0.0952. The summed E-state index contributed by atoms with van der Waals surface area (Å²) in [5.41, 5.74) is 0. The molecule has 0 bridgehead atoms. The van der Waals surface area contributed by atoms with Crippen molar-refractivity contribution < 1.29 is 17.9 Å². The van der Waals surface area contributed by atoms with E-state index in [1.807, 2.05) is 0 Å². The molecule has 1 rings (SSSR count). The van der Waals surface area contributed by atoms with Crippen molar-refractivity contribution in [3.05, 3.63) is 15.8 Å². The molecule has 0 saturated heterocycles. The first kappa shape index (κ1) is 15.4. The van der Waals surface area contributed by atoms with Crippen LogP contribution < -0.4 is 5.32 Å². The minimum atomic E-state index is -3.79. The molecule has 5 nitrogen and oxygen atoms in total. The highest BCUT2D eigenvalue weighted by atomic mass is 35.7. The van der Waals surface area contributed by atoms with Crippen LogP contribution in [0.5, 0.6) is 0 Å². The number of hydrogen-bond acceptors (Lipinski definition) is 5. The third-order valence-electron chi connectivity index (χ3n) is 2.17. The van der Waals surface area contributed by atoms with Crippen LogP contribution in [0, 0.1) is 6.92 Å². The standard InChI is InChI=1S/C10H14ClNO4S2/c1-7-9(18(11,14)15)6-8(17-7)10(13)12-4-3-5-16-2/h6H,3-5H2,1-2H3,(H,12,13). The average molecular weight is 312 g/mol. The largest absolute Gasteiger partial charge is 0.385 e. The summed E-state index contributed by atoms with van der Waals surface area (Å²) in [4.78, 5) is 12.6. The van der Waals surface area contributed by atoms with Crippen LogP contribution in [-0.4, -0.2) is 34.6 Å². The summed E-state index contributed by atoms with van der Waals surface area (Å²) in [7, 11) is 3.05. The maximum atomic E-state index is 11.7. The number of methoxy groups -OCH3 is 1. The van der Waals surface area contributed by atoms with Crippen LogP contribution in [-0.2, 0) is 13.8 Å². The summed E-state index contributed by atoms with van der Waals surface area (Å²) >= 11 is 1.11. The Morgan fingerprint density at radius 2 is 2.22 bits per heavy atom. The highest BCUT2D eigenvalue weighted by Crippen LogP contribution is 2.28. The molecule has 1 N–H and O–H groups in total. The zero-order chi connectivity index (χ0) is 13.8. The second kappa shape index (κ2) is 6.51. The van der Waals surface area contributed by atoms with Crippen molar-refractivity contribution in [3.8, 4) is 0 Å². The molecule has 1 amide bonds. The van der Waals surface area contributed by atoms with Gasteiger partial charge < -0.3 is 10.1 Å². The number of nitrogens with one attached hydrogen (secondary N) is 1. The number of hydrogen-bond donors (Lipinski definition) is 1. The highest BCUT2D eigenvalue weighted by Gasteiger charge is 2.19. The molecule has 1 aromatic heterocycles. The van der Waals surface area contributed by atoms with Gasteiger partial charge in [0.1, 0.15) is 0 Å². The summed E-state index contributed by atoms with van der Waals surface area (Å²) in [6.45, 7) is 2.65. The van der Waals surface area contributed by atoms with Gasteiger partial charge in [0, 0.05) is 35.8 Å². The zero-order valence-electron chi connectivity index (χ0n) is 10.0. The lowest BCUT2D eigenvalue weighted by Crippen LogP contribution is -2.24. The van der Waals surface area contributed by atoms with Crippen molar-refractivity contribution in [3.63, 3.8) is 0 Å². The Morgan fingerprint density at radius 3 is 2.72 bits per heavy atom. The third kappa shape index (κ3) is 4.24. The number of aryl methyl sites for hydroxylation is 1. The molecule has 1 heterocycles. The predicted octanol–water partition coefficient (Wildman–Crippen LogP) is 1.75.